The highest BCUT2D eigenvalue weighted by Crippen LogP contribution is 2.22. The van der Waals surface area contributed by atoms with Crippen LogP contribution in [0.4, 0.5) is 0 Å². The van der Waals surface area contributed by atoms with Crippen LogP contribution in [-0.2, 0) is 11.3 Å². The molecule has 0 heterocycles. The van der Waals surface area contributed by atoms with Crippen molar-refractivity contribution in [1.29, 1.82) is 0 Å². The molecule has 0 aliphatic rings. The smallest absolute Gasteiger partial charge is 0.237 e. The molecule has 0 aliphatic carbocycles. The fourth-order valence-corrected chi connectivity index (χ4v) is 2.42. The van der Waals surface area contributed by atoms with E-state index in [1.54, 1.807) is 7.11 Å². The predicted molar refractivity (Wildman–Crippen MR) is 105 cm³/mol. The maximum Gasteiger partial charge on any atom is 0.237 e. The summed E-state index contributed by atoms with van der Waals surface area (Å²) in [7, 11) is 1.66. The van der Waals surface area contributed by atoms with Crippen molar-refractivity contribution in [3.8, 4) is 16.9 Å². The lowest BCUT2D eigenvalue weighted by molar-refractivity contribution is -0.123. The van der Waals surface area contributed by atoms with Crippen LogP contribution in [0.15, 0.2) is 48.5 Å². The van der Waals surface area contributed by atoms with Gasteiger partial charge in [0.05, 0.1) is 13.2 Å². The summed E-state index contributed by atoms with van der Waals surface area (Å²) in [4.78, 5) is 12.0. The van der Waals surface area contributed by atoms with Gasteiger partial charge < -0.3 is 15.8 Å². The zero-order chi connectivity index (χ0) is 17.5. The molecule has 3 N–H and O–H groups in total. The molecule has 1 amide bonds. The Labute approximate surface area is 156 Å². The molecule has 0 aliphatic heterocycles. The van der Waals surface area contributed by atoms with Gasteiger partial charge in [0, 0.05) is 6.54 Å². The van der Waals surface area contributed by atoms with Gasteiger partial charge in [-0.3, -0.25) is 4.79 Å². The van der Waals surface area contributed by atoms with Crippen LogP contribution in [0.5, 0.6) is 5.75 Å². The number of ether oxygens (including phenoxy) is 1. The molecule has 0 saturated heterocycles. The summed E-state index contributed by atoms with van der Waals surface area (Å²) in [5, 5.41) is 2.91. The molecule has 2 aromatic carbocycles. The molecule has 0 spiro atoms. The Morgan fingerprint density at radius 2 is 1.60 bits per heavy atom. The van der Waals surface area contributed by atoms with E-state index in [4.69, 9.17) is 10.5 Å². The average molecular weight is 363 g/mol. The van der Waals surface area contributed by atoms with Gasteiger partial charge in [0.1, 0.15) is 5.75 Å². The van der Waals surface area contributed by atoms with Crippen molar-refractivity contribution in [2.75, 3.05) is 7.11 Å². The van der Waals surface area contributed by atoms with Crippen molar-refractivity contribution in [1.82, 2.24) is 5.32 Å². The van der Waals surface area contributed by atoms with E-state index in [1.807, 2.05) is 50.2 Å². The zero-order valence-corrected chi connectivity index (χ0v) is 15.8. The fourth-order valence-electron chi connectivity index (χ4n) is 2.42. The number of carbonyl (C=O) groups is 1. The monoisotopic (exact) mass is 362 g/mol. The van der Waals surface area contributed by atoms with Crippen LogP contribution in [0.25, 0.3) is 11.1 Å². The summed E-state index contributed by atoms with van der Waals surface area (Å²) in [5.74, 6) is 0.932. The number of nitrogens with two attached hydrogens (primary N) is 1. The molecule has 0 saturated carbocycles. The SMILES string of the molecule is CCC(C)C(N)C(=O)NCc1ccc(-c2ccc(OC)cc2)cc1.Cl. The van der Waals surface area contributed by atoms with Gasteiger partial charge in [0.2, 0.25) is 5.91 Å². The highest BCUT2D eigenvalue weighted by atomic mass is 35.5. The number of halogens is 1. The second-order valence-electron chi connectivity index (χ2n) is 6.05. The standard InChI is InChI=1S/C20H26N2O2.ClH/c1-4-14(2)19(21)20(23)22-13-15-5-7-16(8-6-15)17-9-11-18(24-3)12-10-17;/h5-12,14,19H,4,13,21H2,1-3H3,(H,22,23);1H. The van der Waals surface area contributed by atoms with Crippen molar-refractivity contribution in [3.63, 3.8) is 0 Å². The van der Waals surface area contributed by atoms with Gasteiger partial charge in [-0.2, -0.15) is 0 Å². The summed E-state index contributed by atoms with van der Waals surface area (Å²) < 4.78 is 5.17. The lowest BCUT2D eigenvalue weighted by Gasteiger charge is -2.17. The van der Waals surface area contributed by atoms with E-state index in [0.29, 0.717) is 6.54 Å². The first-order valence-electron chi connectivity index (χ1n) is 8.31. The van der Waals surface area contributed by atoms with Crippen LogP contribution >= 0.6 is 12.4 Å². The number of amides is 1. The van der Waals surface area contributed by atoms with E-state index in [1.165, 1.54) is 0 Å². The van der Waals surface area contributed by atoms with Crippen molar-refractivity contribution in [2.24, 2.45) is 11.7 Å². The average Bonchev–Trinajstić information content (AvgIpc) is 2.65. The molecule has 2 unspecified atom stereocenters. The van der Waals surface area contributed by atoms with Crippen molar-refractivity contribution < 1.29 is 9.53 Å². The minimum absolute atomic E-state index is 0. The lowest BCUT2D eigenvalue weighted by atomic mass is 9.99. The van der Waals surface area contributed by atoms with Crippen LogP contribution in [0.2, 0.25) is 0 Å². The fraction of sp³-hybridized carbons (Fsp3) is 0.350. The third kappa shape index (κ3) is 5.76. The van der Waals surface area contributed by atoms with Gasteiger partial charge in [-0.1, -0.05) is 56.7 Å². The lowest BCUT2D eigenvalue weighted by Crippen LogP contribution is -2.44. The van der Waals surface area contributed by atoms with Gasteiger partial charge in [-0.15, -0.1) is 12.4 Å². The number of carbonyl (C=O) groups excluding carboxylic acids is 1. The van der Waals surface area contributed by atoms with Gasteiger partial charge >= 0.3 is 0 Å². The summed E-state index contributed by atoms with van der Waals surface area (Å²) in [6, 6.07) is 15.6. The van der Waals surface area contributed by atoms with Crippen LogP contribution in [0.1, 0.15) is 25.8 Å². The molecule has 5 heteroatoms. The molecule has 4 nitrogen and oxygen atoms in total. The molecule has 0 aromatic heterocycles. The first-order valence-corrected chi connectivity index (χ1v) is 8.31. The van der Waals surface area contributed by atoms with Gasteiger partial charge in [0.25, 0.3) is 0 Å². The van der Waals surface area contributed by atoms with Gasteiger partial charge in [0.15, 0.2) is 0 Å². The summed E-state index contributed by atoms with van der Waals surface area (Å²) in [5.41, 5.74) is 9.25. The second-order valence-corrected chi connectivity index (χ2v) is 6.05. The molecule has 0 radical (unpaired) electrons. The van der Waals surface area contributed by atoms with Crippen LogP contribution in [0, 0.1) is 5.92 Å². The third-order valence-electron chi connectivity index (χ3n) is 4.40. The van der Waals surface area contributed by atoms with Gasteiger partial charge in [-0.05, 0) is 34.7 Å². The minimum atomic E-state index is -0.450. The molecule has 136 valence electrons. The predicted octanol–water partition coefficient (Wildman–Crippen LogP) is 3.77. The van der Waals surface area contributed by atoms with E-state index < -0.39 is 6.04 Å². The Balaban J connectivity index is 0.00000312. The third-order valence-corrected chi connectivity index (χ3v) is 4.40. The number of nitrogens with one attached hydrogen (secondary N) is 1. The number of rotatable bonds is 7. The Kier molecular flexibility index (Phi) is 8.46. The first kappa shape index (κ1) is 21.0. The van der Waals surface area contributed by atoms with Crippen LogP contribution in [-0.4, -0.2) is 19.1 Å². The Morgan fingerprint density at radius 3 is 2.08 bits per heavy atom. The summed E-state index contributed by atoms with van der Waals surface area (Å²) in [6.07, 6.45) is 0.894. The number of methoxy groups -OCH3 is 1. The highest BCUT2D eigenvalue weighted by molar-refractivity contribution is 5.85. The maximum absolute atomic E-state index is 12.0. The van der Waals surface area contributed by atoms with E-state index in [-0.39, 0.29) is 24.2 Å². The molecule has 25 heavy (non-hydrogen) atoms. The summed E-state index contributed by atoms with van der Waals surface area (Å²) in [6.45, 7) is 4.52. The molecule has 2 rings (SSSR count). The van der Waals surface area contributed by atoms with Crippen molar-refractivity contribution in [2.45, 2.75) is 32.9 Å². The molecule has 2 aromatic rings. The molecular formula is C20H27ClN2O2. The topological polar surface area (TPSA) is 64.4 Å². The normalized spacial score (nSPS) is 12.6. The van der Waals surface area contributed by atoms with E-state index in [0.717, 1.165) is 28.9 Å². The van der Waals surface area contributed by atoms with E-state index in [2.05, 4.69) is 17.4 Å². The quantitative estimate of drug-likeness (QED) is 0.787. The number of hydrogen-bond acceptors (Lipinski definition) is 3. The van der Waals surface area contributed by atoms with E-state index >= 15 is 0 Å². The molecule has 0 fully saturated rings. The van der Waals surface area contributed by atoms with Crippen molar-refractivity contribution >= 4 is 18.3 Å². The molecule has 2 atom stereocenters. The summed E-state index contributed by atoms with van der Waals surface area (Å²) >= 11 is 0. The Morgan fingerprint density at radius 1 is 1.08 bits per heavy atom. The Hall–Kier alpha value is -2.04. The number of benzene rings is 2. The highest BCUT2D eigenvalue weighted by Gasteiger charge is 2.18. The second kappa shape index (κ2) is 10.1. The van der Waals surface area contributed by atoms with E-state index in [9.17, 15) is 4.79 Å². The maximum atomic E-state index is 12.0. The van der Waals surface area contributed by atoms with Crippen molar-refractivity contribution in [3.05, 3.63) is 54.1 Å². The Bertz CT molecular complexity index is 656. The van der Waals surface area contributed by atoms with Crippen LogP contribution in [0.3, 0.4) is 0 Å². The minimum Gasteiger partial charge on any atom is -0.497 e. The molecule has 0 bridgehead atoms. The largest absolute Gasteiger partial charge is 0.497 e. The van der Waals surface area contributed by atoms with Crippen LogP contribution < -0.4 is 15.8 Å². The zero-order valence-electron chi connectivity index (χ0n) is 15.0. The van der Waals surface area contributed by atoms with Gasteiger partial charge in [-0.25, -0.2) is 0 Å². The molecular weight excluding hydrogens is 336 g/mol. The number of hydrogen-bond donors (Lipinski definition) is 2. The first-order chi connectivity index (χ1) is 11.5.